The predicted molar refractivity (Wildman–Crippen MR) is 97.2 cm³/mol. The lowest BCUT2D eigenvalue weighted by atomic mass is 9.76. The van der Waals surface area contributed by atoms with Gasteiger partial charge in [0.1, 0.15) is 0 Å². The number of hydrogen-bond acceptors (Lipinski definition) is 3. The molecule has 0 amide bonds. The molecule has 0 radical (unpaired) electrons. The molecule has 3 atom stereocenters. The summed E-state index contributed by atoms with van der Waals surface area (Å²) in [4.78, 5) is 0. The highest BCUT2D eigenvalue weighted by Crippen LogP contribution is 2.50. The average Bonchev–Trinajstić information content (AvgIpc) is 3.07. The van der Waals surface area contributed by atoms with E-state index in [4.69, 9.17) is 4.74 Å². The van der Waals surface area contributed by atoms with E-state index in [-0.39, 0.29) is 11.5 Å². The van der Waals surface area contributed by atoms with Gasteiger partial charge < -0.3 is 10.1 Å². The molecule has 3 heteroatoms. The van der Waals surface area contributed by atoms with Crippen LogP contribution < -0.4 is 5.32 Å². The second-order valence-electron chi connectivity index (χ2n) is 7.83. The summed E-state index contributed by atoms with van der Waals surface area (Å²) in [5, 5.41) is 8.25. The fourth-order valence-corrected chi connectivity index (χ4v) is 4.62. The maximum absolute atomic E-state index is 6.27. The molecule has 1 aromatic carbocycles. The number of rotatable bonds is 1. The van der Waals surface area contributed by atoms with Crippen LogP contribution in [0.15, 0.2) is 35.0 Å². The van der Waals surface area contributed by atoms with Crippen LogP contribution in [-0.4, -0.2) is 6.61 Å². The Morgan fingerprint density at radius 1 is 1.22 bits per heavy atom. The van der Waals surface area contributed by atoms with Crippen molar-refractivity contribution in [2.45, 2.75) is 51.2 Å². The van der Waals surface area contributed by atoms with Crippen LogP contribution in [0.2, 0.25) is 0 Å². The third kappa shape index (κ3) is 2.70. The van der Waals surface area contributed by atoms with Crippen LogP contribution in [0.5, 0.6) is 0 Å². The van der Waals surface area contributed by atoms with E-state index in [9.17, 15) is 0 Å². The largest absolute Gasteiger partial charge is 0.378 e. The minimum absolute atomic E-state index is 0.170. The van der Waals surface area contributed by atoms with Crippen molar-refractivity contribution in [3.63, 3.8) is 0 Å². The SMILES string of the molecule is CC(C)(C)c1ccc2c(c1)C1OCCCC1C(c1ccsc1)N2. The molecule has 3 heterocycles. The van der Waals surface area contributed by atoms with Crippen molar-refractivity contribution in [2.24, 2.45) is 5.92 Å². The van der Waals surface area contributed by atoms with Crippen LogP contribution in [0.1, 0.15) is 62.4 Å². The molecule has 0 spiro atoms. The summed E-state index contributed by atoms with van der Waals surface area (Å²) in [6.45, 7) is 7.71. The van der Waals surface area contributed by atoms with Gasteiger partial charge in [-0.05, 0) is 52.3 Å². The number of fused-ring (bicyclic) bond motifs is 3. The number of hydrogen-bond donors (Lipinski definition) is 1. The molecular formula is C20H25NOS. The standard InChI is InChI=1S/C20H25NOS/c1-20(2,3)14-6-7-17-16(11-14)19-15(5-4-9-22-19)18(21-17)13-8-10-23-12-13/h6-8,10-12,15,18-19,21H,4-5,9H2,1-3H3. The first kappa shape index (κ1) is 15.2. The van der Waals surface area contributed by atoms with Crippen LogP contribution in [-0.2, 0) is 10.2 Å². The summed E-state index contributed by atoms with van der Waals surface area (Å²) in [6.07, 6.45) is 2.63. The Kier molecular flexibility index (Phi) is 3.73. The second kappa shape index (κ2) is 5.64. The lowest BCUT2D eigenvalue weighted by Gasteiger charge is -2.43. The number of ether oxygens (including phenoxy) is 1. The van der Waals surface area contributed by atoms with Gasteiger partial charge >= 0.3 is 0 Å². The molecule has 2 aliphatic heterocycles. The van der Waals surface area contributed by atoms with E-state index in [0.717, 1.165) is 13.0 Å². The van der Waals surface area contributed by atoms with Crippen LogP contribution in [0, 0.1) is 5.92 Å². The van der Waals surface area contributed by atoms with Gasteiger partial charge in [-0.2, -0.15) is 11.3 Å². The molecule has 3 unspecified atom stereocenters. The van der Waals surface area contributed by atoms with E-state index in [1.807, 2.05) is 0 Å². The normalized spacial score (nSPS) is 27.0. The molecule has 0 aliphatic carbocycles. The highest BCUT2D eigenvalue weighted by Gasteiger charge is 2.40. The van der Waals surface area contributed by atoms with E-state index < -0.39 is 0 Å². The van der Waals surface area contributed by atoms with Gasteiger partial charge in [-0.25, -0.2) is 0 Å². The molecule has 0 bridgehead atoms. The quantitative estimate of drug-likeness (QED) is 0.727. The lowest BCUT2D eigenvalue weighted by Crippen LogP contribution is -2.36. The molecule has 1 fully saturated rings. The number of benzene rings is 1. The molecule has 1 saturated heterocycles. The molecular weight excluding hydrogens is 302 g/mol. The van der Waals surface area contributed by atoms with Crippen molar-refractivity contribution < 1.29 is 4.74 Å². The van der Waals surface area contributed by atoms with Crippen LogP contribution >= 0.6 is 11.3 Å². The first-order valence-corrected chi connectivity index (χ1v) is 9.53. The van der Waals surface area contributed by atoms with E-state index >= 15 is 0 Å². The molecule has 0 saturated carbocycles. The molecule has 122 valence electrons. The Labute approximate surface area is 142 Å². The summed E-state index contributed by atoms with van der Waals surface area (Å²) in [7, 11) is 0. The fourth-order valence-electron chi connectivity index (χ4n) is 3.92. The number of nitrogens with one attached hydrogen (secondary N) is 1. The van der Waals surface area contributed by atoms with E-state index in [2.05, 4.69) is 61.1 Å². The average molecular weight is 327 g/mol. The highest BCUT2D eigenvalue weighted by atomic mass is 32.1. The maximum Gasteiger partial charge on any atom is 0.0895 e. The zero-order chi connectivity index (χ0) is 16.0. The zero-order valence-corrected chi connectivity index (χ0v) is 15.0. The summed E-state index contributed by atoms with van der Waals surface area (Å²) in [5.74, 6) is 0.529. The summed E-state index contributed by atoms with van der Waals surface area (Å²) >= 11 is 1.78. The smallest absolute Gasteiger partial charge is 0.0895 e. The highest BCUT2D eigenvalue weighted by molar-refractivity contribution is 7.08. The lowest BCUT2D eigenvalue weighted by molar-refractivity contribution is -0.0381. The Morgan fingerprint density at radius 3 is 2.83 bits per heavy atom. The van der Waals surface area contributed by atoms with Crippen molar-refractivity contribution in [3.8, 4) is 0 Å². The number of thiophene rings is 1. The maximum atomic E-state index is 6.27. The molecule has 1 aromatic heterocycles. The third-order valence-electron chi connectivity index (χ3n) is 5.23. The summed E-state index contributed by atoms with van der Waals surface area (Å²) < 4.78 is 6.27. The van der Waals surface area contributed by atoms with Gasteiger partial charge in [0.15, 0.2) is 0 Å². The van der Waals surface area contributed by atoms with Crippen LogP contribution in [0.3, 0.4) is 0 Å². The van der Waals surface area contributed by atoms with Crippen LogP contribution in [0.4, 0.5) is 5.69 Å². The first-order valence-electron chi connectivity index (χ1n) is 8.59. The zero-order valence-electron chi connectivity index (χ0n) is 14.1. The molecule has 23 heavy (non-hydrogen) atoms. The van der Waals surface area contributed by atoms with Crippen molar-refractivity contribution in [1.82, 2.24) is 0 Å². The molecule has 1 N–H and O–H groups in total. The second-order valence-corrected chi connectivity index (χ2v) is 8.61. The van der Waals surface area contributed by atoms with Gasteiger partial charge in [-0.1, -0.05) is 32.9 Å². The third-order valence-corrected chi connectivity index (χ3v) is 5.94. The van der Waals surface area contributed by atoms with Crippen molar-refractivity contribution >= 4 is 17.0 Å². The molecule has 2 aromatic rings. The van der Waals surface area contributed by atoms with Gasteiger partial charge in [0.25, 0.3) is 0 Å². The van der Waals surface area contributed by atoms with Gasteiger partial charge in [0, 0.05) is 23.8 Å². The summed E-state index contributed by atoms with van der Waals surface area (Å²) in [5.41, 5.74) is 5.57. The Bertz CT molecular complexity index is 686. The van der Waals surface area contributed by atoms with Gasteiger partial charge in [-0.15, -0.1) is 0 Å². The minimum atomic E-state index is 0.170. The molecule has 4 rings (SSSR count). The number of anilines is 1. The monoisotopic (exact) mass is 327 g/mol. The van der Waals surface area contributed by atoms with E-state index in [1.165, 1.54) is 28.8 Å². The van der Waals surface area contributed by atoms with Crippen molar-refractivity contribution in [3.05, 3.63) is 51.7 Å². The molecule has 2 aliphatic rings. The Hall–Kier alpha value is -1.32. The van der Waals surface area contributed by atoms with E-state index in [0.29, 0.717) is 12.0 Å². The first-order chi connectivity index (χ1) is 11.0. The minimum Gasteiger partial charge on any atom is -0.378 e. The Balaban J connectivity index is 1.78. The van der Waals surface area contributed by atoms with E-state index in [1.54, 1.807) is 11.3 Å². The fraction of sp³-hybridized carbons (Fsp3) is 0.500. The van der Waals surface area contributed by atoms with Crippen molar-refractivity contribution in [2.75, 3.05) is 11.9 Å². The van der Waals surface area contributed by atoms with Crippen molar-refractivity contribution in [1.29, 1.82) is 0 Å². The van der Waals surface area contributed by atoms with Gasteiger partial charge in [0.05, 0.1) is 12.1 Å². The predicted octanol–water partition coefficient (Wildman–Crippen LogP) is 5.68. The van der Waals surface area contributed by atoms with Gasteiger partial charge in [0.2, 0.25) is 0 Å². The summed E-state index contributed by atoms with van der Waals surface area (Å²) in [6, 6.07) is 9.51. The van der Waals surface area contributed by atoms with Crippen LogP contribution in [0.25, 0.3) is 0 Å². The topological polar surface area (TPSA) is 21.3 Å². The van der Waals surface area contributed by atoms with Gasteiger partial charge in [-0.3, -0.25) is 0 Å². The Morgan fingerprint density at radius 2 is 2.09 bits per heavy atom. The molecule has 2 nitrogen and oxygen atoms in total.